The topological polar surface area (TPSA) is 75.9 Å². The summed E-state index contributed by atoms with van der Waals surface area (Å²) in [6, 6.07) is 12.1. The molecular formula is C19H20ClN3O4. The Morgan fingerprint density at radius 3 is 2.56 bits per heavy atom. The number of benzene rings is 2. The van der Waals surface area contributed by atoms with Crippen LogP contribution in [0.4, 0.5) is 11.4 Å². The van der Waals surface area contributed by atoms with Crippen molar-refractivity contribution in [3.63, 3.8) is 0 Å². The molecule has 1 aliphatic rings. The highest BCUT2D eigenvalue weighted by atomic mass is 35.5. The number of hydrogen-bond acceptors (Lipinski definition) is 5. The fraction of sp³-hybridized carbons (Fsp3) is 0.316. The van der Waals surface area contributed by atoms with Crippen molar-refractivity contribution in [2.75, 3.05) is 38.2 Å². The van der Waals surface area contributed by atoms with Gasteiger partial charge < -0.3 is 14.5 Å². The Kier molecular flexibility index (Phi) is 5.81. The van der Waals surface area contributed by atoms with Gasteiger partial charge in [-0.1, -0.05) is 29.8 Å². The molecule has 0 aliphatic carbocycles. The predicted molar refractivity (Wildman–Crippen MR) is 104 cm³/mol. The molecular weight excluding hydrogens is 370 g/mol. The first-order valence-corrected chi connectivity index (χ1v) is 8.96. The summed E-state index contributed by atoms with van der Waals surface area (Å²) >= 11 is 5.88. The second kappa shape index (κ2) is 8.26. The lowest BCUT2D eigenvalue weighted by atomic mass is 10.1. The molecule has 0 N–H and O–H groups in total. The third-order valence-electron chi connectivity index (χ3n) is 4.64. The van der Waals surface area contributed by atoms with E-state index in [1.807, 2.05) is 29.2 Å². The van der Waals surface area contributed by atoms with Crippen molar-refractivity contribution in [2.45, 2.75) is 6.42 Å². The highest BCUT2D eigenvalue weighted by molar-refractivity contribution is 6.30. The minimum absolute atomic E-state index is 0.0173. The number of anilines is 1. The quantitative estimate of drug-likeness (QED) is 0.580. The minimum Gasteiger partial charge on any atom is -0.496 e. The second-order valence-electron chi connectivity index (χ2n) is 6.25. The van der Waals surface area contributed by atoms with Crippen LogP contribution in [0.3, 0.4) is 0 Å². The van der Waals surface area contributed by atoms with Crippen molar-refractivity contribution < 1.29 is 14.5 Å². The van der Waals surface area contributed by atoms with Crippen LogP contribution in [0.2, 0.25) is 5.02 Å². The summed E-state index contributed by atoms with van der Waals surface area (Å²) < 4.78 is 5.30. The van der Waals surface area contributed by atoms with Gasteiger partial charge in [-0.15, -0.1) is 0 Å². The number of rotatable bonds is 5. The Morgan fingerprint density at radius 2 is 1.89 bits per heavy atom. The van der Waals surface area contributed by atoms with Gasteiger partial charge in [0.15, 0.2) is 0 Å². The first-order valence-electron chi connectivity index (χ1n) is 8.58. The number of ether oxygens (including phenoxy) is 1. The highest BCUT2D eigenvalue weighted by Gasteiger charge is 2.26. The summed E-state index contributed by atoms with van der Waals surface area (Å²) in [5, 5.41) is 11.6. The maximum atomic E-state index is 12.6. The second-order valence-corrected chi connectivity index (χ2v) is 6.68. The van der Waals surface area contributed by atoms with Crippen LogP contribution in [-0.2, 0) is 11.2 Å². The van der Waals surface area contributed by atoms with Crippen LogP contribution >= 0.6 is 11.6 Å². The average molecular weight is 390 g/mol. The maximum absolute atomic E-state index is 12.6. The van der Waals surface area contributed by atoms with Crippen molar-refractivity contribution in [3.8, 4) is 5.75 Å². The lowest BCUT2D eigenvalue weighted by molar-refractivity contribution is -0.384. The van der Waals surface area contributed by atoms with Gasteiger partial charge in [-0.3, -0.25) is 14.9 Å². The molecule has 27 heavy (non-hydrogen) atoms. The van der Waals surface area contributed by atoms with Gasteiger partial charge in [-0.25, -0.2) is 0 Å². The number of nitro benzene ring substituents is 1. The van der Waals surface area contributed by atoms with Crippen LogP contribution in [-0.4, -0.2) is 49.0 Å². The van der Waals surface area contributed by atoms with Gasteiger partial charge >= 0.3 is 0 Å². The molecule has 1 saturated heterocycles. The number of halogens is 1. The van der Waals surface area contributed by atoms with E-state index in [0.717, 1.165) is 5.56 Å². The van der Waals surface area contributed by atoms with Gasteiger partial charge in [0.05, 0.1) is 18.5 Å². The van der Waals surface area contributed by atoms with Gasteiger partial charge in [-0.2, -0.15) is 0 Å². The Morgan fingerprint density at radius 1 is 1.19 bits per heavy atom. The molecule has 8 heteroatoms. The number of methoxy groups -OCH3 is 1. The summed E-state index contributed by atoms with van der Waals surface area (Å²) in [4.78, 5) is 27.2. The molecule has 0 saturated carbocycles. The van der Waals surface area contributed by atoms with Crippen LogP contribution in [0.5, 0.6) is 5.75 Å². The minimum atomic E-state index is -0.430. The summed E-state index contributed by atoms with van der Waals surface area (Å²) in [7, 11) is 1.58. The van der Waals surface area contributed by atoms with Crippen molar-refractivity contribution in [1.82, 2.24) is 4.90 Å². The zero-order chi connectivity index (χ0) is 19.4. The molecule has 1 heterocycles. The maximum Gasteiger partial charge on any atom is 0.294 e. The van der Waals surface area contributed by atoms with E-state index in [0.29, 0.717) is 42.6 Å². The predicted octanol–water partition coefficient (Wildman–Crippen LogP) is 3.15. The number of carbonyl (C=O) groups excluding carboxylic acids is 1. The van der Waals surface area contributed by atoms with Crippen LogP contribution < -0.4 is 9.64 Å². The summed E-state index contributed by atoms with van der Waals surface area (Å²) in [6.45, 7) is 2.07. The molecule has 0 aromatic heterocycles. The Bertz CT molecular complexity index is 851. The van der Waals surface area contributed by atoms with Gasteiger partial charge in [0, 0.05) is 42.8 Å². The van der Waals surface area contributed by atoms with E-state index in [1.165, 1.54) is 6.07 Å². The molecule has 1 aliphatic heterocycles. The summed E-state index contributed by atoms with van der Waals surface area (Å²) in [6.07, 6.45) is 0.269. The first-order chi connectivity index (χ1) is 13.0. The Labute approximate surface area is 162 Å². The normalized spacial score (nSPS) is 14.1. The van der Waals surface area contributed by atoms with Crippen molar-refractivity contribution >= 4 is 28.9 Å². The van der Waals surface area contributed by atoms with E-state index >= 15 is 0 Å². The molecule has 0 unspecified atom stereocenters. The number of amides is 1. The summed E-state index contributed by atoms with van der Waals surface area (Å²) in [5.41, 5.74) is 1.36. The zero-order valence-corrected chi connectivity index (χ0v) is 15.7. The monoisotopic (exact) mass is 389 g/mol. The van der Waals surface area contributed by atoms with Crippen LogP contribution in [0, 0.1) is 10.1 Å². The van der Waals surface area contributed by atoms with Gasteiger partial charge in [-0.05, 0) is 18.2 Å². The third kappa shape index (κ3) is 4.31. The fourth-order valence-corrected chi connectivity index (χ4v) is 3.40. The SMILES string of the molecule is COc1ccccc1CC(=O)N1CCN(c2ccc(Cl)cc2[N+](=O)[O-])CC1. The molecule has 0 atom stereocenters. The van der Waals surface area contributed by atoms with Crippen LogP contribution in [0.1, 0.15) is 5.56 Å². The van der Waals surface area contributed by atoms with Crippen molar-refractivity contribution in [2.24, 2.45) is 0 Å². The zero-order valence-electron chi connectivity index (χ0n) is 14.9. The molecule has 2 aromatic carbocycles. The number of hydrogen-bond donors (Lipinski definition) is 0. The van der Waals surface area contributed by atoms with E-state index < -0.39 is 4.92 Å². The van der Waals surface area contributed by atoms with Crippen LogP contribution in [0.25, 0.3) is 0 Å². The fourth-order valence-electron chi connectivity index (χ4n) is 3.23. The number of para-hydroxylation sites is 1. The van der Waals surface area contributed by atoms with E-state index in [4.69, 9.17) is 16.3 Å². The summed E-state index contributed by atoms with van der Waals surface area (Å²) in [5.74, 6) is 0.714. The van der Waals surface area contributed by atoms with E-state index in [1.54, 1.807) is 24.1 Å². The number of piperazine rings is 1. The van der Waals surface area contributed by atoms with E-state index in [-0.39, 0.29) is 18.0 Å². The molecule has 0 radical (unpaired) electrons. The Hall–Kier alpha value is -2.80. The molecule has 142 valence electrons. The van der Waals surface area contributed by atoms with Crippen molar-refractivity contribution in [3.05, 3.63) is 63.2 Å². The first kappa shape index (κ1) is 19.0. The smallest absolute Gasteiger partial charge is 0.294 e. The van der Waals surface area contributed by atoms with E-state index in [9.17, 15) is 14.9 Å². The standard InChI is InChI=1S/C19H20ClN3O4/c1-27-18-5-3-2-4-14(18)12-19(24)22-10-8-21(9-11-22)16-7-6-15(20)13-17(16)23(25)26/h2-7,13H,8-12H2,1H3. The molecule has 1 fully saturated rings. The lowest BCUT2D eigenvalue weighted by Gasteiger charge is -2.36. The lowest BCUT2D eigenvalue weighted by Crippen LogP contribution is -2.49. The van der Waals surface area contributed by atoms with Crippen molar-refractivity contribution in [1.29, 1.82) is 0 Å². The third-order valence-corrected chi connectivity index (χ3v) is 4.88. The molecule has 2 aromatic rings. The molecule has 7 nitrogen and oxygen atoms in total. The molecule has 1 amide bonds. The van der Waals surface area contributed by atoms with E-state index in [2.05, 4.69) is 0 Å². The van der Waals surface area contributed by atoms with Gasteiger partial charge in [0.25, 0.3) is 5.69 Å². The number of carbonyl (C=O) groups is 1. The van der Waals surface area contributed by atoms with Gasteiger partial charge in [0.1, 0.15) is 11.4 Å². The molecule has 0 spiro atoms. The van der Waals surface area contributed by atoms with Gasteiger partial charge in [0.2, 0.25) is 5.91 Å². The number of nitro groups is 1. The number of nitrogens with zero attached hydrogens (tertiary/aromatic N) is 3. The molecule has 0 bridgehead atoms. The Balaban J connectivity index is 1.65. The molecule has 3 rings (SSSR count). The van der Waals surface area contributed by atoms with Crippen LogP contribution in [0.15, 0.2) is 42.5 Å². The largest absolute Gasteiger partial charge is 0.496 e. The highest BCUT2D eigenvalue weighted by Crippen LogP contribution is 2.31. The average Bonchev–Trinajstić information content (AvgIpc) is 2.68.